The van der Waals surface area contributed by atoms with Crippen molar-refractivity contribution in [2.45, 2.75) is 33.4 Å². The molecule has 0 unspecified atom stereocenters. The Hall–Kier alpha value is -3.62. The summed E-state index contributed by atoms with van der Waals surface area (Å²) in [4.78, 5) is 27.2. The largest absolute Gasteiger partial charge is 0.416 e. The van der Waals surface area contributed by atoms with E-state index >= 15 is 0 Å². The van der Waals surface area contributed by atoms with Crippen molar-refractivity contribution in [1.29, 1.82) is 0 Å². The first-order valence-electron chi connectivity index (χ1n) is 10.5. The number of benzene rings is 2. The molecule has 2 amide bonds. The van der Waals surface area contributed by atoms with Crippen molar-refractivity contribution in [1.82, 2.24) is 14.7 Å². The smallest absolute Gasteiger partial charge is 0.329 e. The minimum Gasteiger partial charge on any atom is -0.329 e. The number of rotatable bonds is 7. The van der Waals surface area contributed by atoms with Crippen LogP contribution < -0.4 is 5.32 Å². The molecule has 0 fully saturated rings. The van der Waals surface area contributed by atoms with Gasteiger partial charge in [-0.25, -0.2) is 4.68 Å². The van der Waals surface area contributed by atoms with Crippen molar-refractivity contribution in [2.75, 3.05) is 18.4 Å². The van der Waals surface area contributed by atoms with Crippen LogP contribution in [0.4, 0.5) is 18.9 Å². The van der Waals surface area contributed by atoms with E-state index in [4.69, 9.17) is 0 Å². The van der Waals surface area contributed by atoms with Crippen LogP contribution in [0.3, 0.4) is 0 Å². The summed E-state index contributed by atoms with van der Waals surface area (Å²) in [6, 6.07) is 12.1. The molecule has 3 aromatic rings. The van der Waals surface area contributed by atoms with E-state index in [9.17, 15) is 22.8 Å². The normalized spacial score (nSPS) is 11.3. The van der Waals surface area contributed by atoms with Gasteiger partial charge in [-0.3, -0.25) is 9.59 Å². The number of nitrogens with one attached hydrogen (secondary N) is 1. The van der Waals surface area contributed by atoms with Crippen LogP contribution in [-0.4, -0.2) is 39.6 Å². The molecule has 1 N–H and O–H groups in total. The second-order valence-corrected chi connectivity index (χ2v) is 7.69. The van der Waals surface area contributed by atoms with Crippen molar-refractivity contribution in [3.63, 3.8) is 0 Å². The predicted octanol–water partition coefficient (Wildman–Crippen LogP) is 5.00. The zero-order valence-electron chi connectivity index (χ0n) is 18.6. The number of amides is 2. The lowest BCUT2D eigenvalue weighted by Crippen LogP contribution is -2.38. The van der Waals surface area contributed by atoms with Gasteiger partial charge < -0.3 is 10.2 Å². The van der Waals surface area contributed by atoms with E-state index in [1.807, 2.05) is 32.0 Å². The maximum absolute atomic E-state index is 13.2. The minimum absolute atomic E-state index is 0.158. The average molecular weight is 458 g/mol. The highest BCUT2D eigenvalue weighted by Crippen LogP contribution is 2.30. The molecule has 0 saturated carbocycles. The van der Waals surface area contributed by atoms with Gasteiger partial charge in [0.25, 0.3) is 5.91 Å². The molecule has 0 radical (unpaired) electrons. The average Bonchev–Trinajstić information content (AvgIpc) is 3.15. The highest BCUT2D eigenvalue weighted by Gasteiger charge is 2.31. The van der Waals surface area contributed by atoms with E-state index in [0.29, 0.717) is 24.3 Å². The minimum atomic E-state index is -4.49. The summed E-state index contributed by atoms with van der Waals surface area (Å²) < 4.78 is 40.5. The monoisotopic (exact) mass is 458 g/mol. The number of aryl methyl sites for hydroxylation is 1. The second kappa shape index (κ2) is 9.89. The van der Waals surface area contributed by atoms with E-state index in [1.165, 1.54) is 27.9 Å². The van der Waals surface area contributed by atoms with Gasteiger partial charge in [0.15, 0.2) is 0 Å². The number of aromatic nitrogens is 2. The number of para-hydroxylation sites is 1. The van der Waals surface area contributed by atoms with Crippen molar-refractivity contribution in [3.8, 4) is 5.69 Å². The van der Waals surface area contributed by atoms with Crippen LogP contribution in [0.5, 0.6) is 0 Å². The molecule has 0 bridgehead atoms. The van der Waals surface area contributed by atoms with E-state index in [-0.39, 0.29) is 23.7 Å². The lowest BCUT2D eigenvalue weighted by Gasteiger charge is -2.22. The molecule has 0 aliphatic rings. The first-order chi connectivity index (χ1) is 15.6. The Kier molecular flexibility index (Phi) is 7.20. The number of nitrogens with zero attached hydrogens (tertiary/aromatic N) is 3. The van der Waals surface area contributed by atoms with Crippen molar-refractivity contribution in [3.05, 3.63) is 77.1 Å². The third-order valence-corrected chi connectivity index (χ3v) is 5.19. The maximum Gasteiger partial charge on any atom is 0.416 e. The number of carbonyl (C=O) groups excluding carboxylic acids is 2. The van der Waals surface area contributed by atoms with E-state index < -0.39 is 17.6 Å². The Labute approximate surface area is 190 Å². The molecule has 9 heteroatoms. The van der Waals surface area contributed by atoms with Crippen LogP contribution in [-0.2, 0) is 11.0 Å². The number of alkyl halides is 3. The molecule has 6 nitrogen and oxygen atoms in total. The van der Waals surface area contributed by atoms with Gasteiger partial charge >= 0.3 is 6.18 Å². The molecule has 174 valence electrons. The summed E-state index contributed by atoms with van der Waals surface area (Å²) in [5.41, 5.74) is 1.57. The van der Waals surface area contributed by atoms with Crippen LogP contribution in [0.2, 0.25) is 0 Å². The highest BCUT2D eigenvalue weighted by atomic mass is 19.4. The van der Waals surface area contributed by atoms with Gasteiger partial charge in [0, 0.05) is 12.2 Å². The van der Waals surface area contributed by atoms with Gasteiger partial charge in [-0.15, -0.1) is 0 Å². The van der Waals surface area contributed by atoms with Gasteiger partial charge in [0.2, 0.25) is 5.91 Å². The Morgan fingerprint density at radius 2 is 1.82 bits per heavy atom. The van der Waals surface area contributed by atoms with E-state index in [2.05, 4.69) is 10.4 Å². The summed E-state index contributed by atoms with van der Waals surface area (Å²) >= 11 is 0. The summed E-state index contributed by atoms with van der Waals surface area (Å²) in [6.07, 6.45) is -2.54. The zero-order chi connectivity index (χ0) is 24.2. The van der Waals surface area contributed by atoms with E-state index in [0.717, 1.165) is 17.7 Å². The Morgan fingerprint density at radius 1 is 1.09 bits per heavy atom. The SMILES string of the molecule is CCCN(CC(=O)Nc1ccccc1C)C(=O)c1cnn(-c2cccc(C(F)(F)F)c2)c1C. The number of hydrogen-bond acceptors (Lipinski definition) is 3. The van der Waals surface area contributed by atoms with Crippen LogP contribution in [0, 0.1) is 13.8 Å². The predicted molar refractivity (Wildman–Crippen MR) is 119 cm³/mol. The summed E-state index contributed by atoms with van der Waals surface area (Å²) in [5.74, 6) is -0.749. The maximum atomic E-state index is 13.2. The lowest BCUT2D eigenvalue weighted by atomic mass is 10.1. The fourth-order valence-corrected chi connectivity index (χ4v) is 3.46. The topological polar surface area (TPSA) is 67.2 Å². The molecule has 2 aromatic carbocycles. The number of anilines is 1. The van der Waals surface area contributed by atoms with Crippen molar-refractivity contribution in [2.24, 2.45) is 0 Å². The molecule has 1 heterocycles. The molecule has 0 aliphatic heterocycles. The molecule has 0 spiro atoms. The van der Waals surface area contributed by atoms with Gasteiger partial charge in [0.05, 0.1) is 28.7 Å². The van der Waals surface area contributed by atoms with Crippen molar-refractivity contribution < 1.29 is 22.8 Å². The lowest BCUT2D eigenvalue weighted by molar-refractivity contribution is -0.137. The zero-order valence-corrected chi connectivity index (χ0v) is 18.6. The molecular formula is C24H25F3N4O2. The fourth-order valence-electron chi connectivity index (χ4n) is 3.46. The Morgan fingerprint density at radius 3 is 2.48 bits per heavy atom. The van der Waals surface area contributed by atoms with Gasteiger partial charge in [0.1, 0.15) is 6.54 Å². The van der Waals surface area contributed by atoms with Gasteiger partial charge in [-0.1, -0.05) is 31.2 Å². The van der Waals surface area contributed by atoms with Crippen LogP contribution in [0.15, 0.2) is 54.7 Å². The Bertz CT molecular complexity index is 1150. The molecule has 0 saturated heterocycles. The highest BCUT2D eigenvalue weighted by molar-refractivity contribution is 6.00. The molecule has 3 rings (SSSR count). The first kappa shape index (κ1) is 24.0. The van der Waals surface area contributed by atoms with Crippen molar-refractivity contribution >= 4 is 17.5 Å². The number of halogens is 3. The molecule has 0 aliphatic carbocycles. The number of hydrogen-bond donors (Lipinski definition) is 1. The number of carbonyl (C=O) groups is 2. The third-order valence-electron chi connectivity index (χ3n) is 5.19. The standard InChI is InChI=1S/C24H25F3N4O2/c1-4-12-30(15-22(32)29-21-11-6-5-8-16(21)2)23(33)20-14-28-31(17(20)3)19-10-7-9-18(13-19)24(25,26)27/h5-11,13-14H,4,12,15H2,1-3H3,(H,29,32). The second-order valence-electron chi connectivity index (χ2n) is 7.69. The molecule has 0 atom stereocenters. The fraction of sp³-hybridized carbons (Fsp3) is 0.292. The van der Waals surface area contributed by atoms with E-state index in [1.54, 1.807) is 13.0 Å². The summed E-state index contributed by atoms with van der Waals surface area (Å²) in [6.45, 7) is 5.55. The molecule has 33 heavy (non-hydrogen) atoms. The molecular weight excluding hydrogens is 433 g/mol. The third kappa shape index (κ3) is 5.60. The van der Waals surface area contributed by atoms with Crippen LogP contribution in [0.25, 0.3) is 5.69 Å². The first-order valence-corrected chi connectivity index (χ1v) is 10.5. The van der Waals surface area contributed by atoms with Gasteiger partial charge in [-0.2, -0.15) is 18.3 Å². The molecule has 1 aromatic heterocycles. The Balaban J connectivity index is 1.82. The summed E-state index contributed by atoms with van der Waals surface area (Å²) in [5, 5.41) is 6.94. The quantitative estimate of drug-likeness (QED) is 0.542. The van der Waals surface area contributed by atoms with Crippen LogP contribution in [0.1, 0.15) is 40.5 Å². The van der Waals surface area contributed by atoms with Gasteiger partial charge in [-0.05, 0) is 50.1 Å². The summed E-state index contributed by atoms with van der Waals surface area (Å²) in [7, 11) is 0. The van der Waals surface area contributed by atoms with Crippen LogP contribution >= 0.6 is 0 Å².